The molecule has 0 spiro atoms. The van der Waals surface area contributed by atoms with E-state index in [0.29, 0.717) is 6.54 Å². The van der Waals surface area contributed by atoms with Crippen molar-refractivity contribution < 1.29 is 4.79 Å². The van der Waals surface area contributed by atoms with Gasteiger partial charge in [0.15, 0.2) is 0 Å². The summed E-state index contributed by atoms with van der Waals surface area (Å²) in [6.07, 6.45) is 3.22. The lowest BCUT2D eigenvalue weighted by atomic mass is 10.2. The fourth-order valence-corrected chi connectivity index (χ4v) is 2.50. The van der Waals surface area contributed by atoms with Gasteiger partial charge in [-0.1, -0.05) is 13.8 Å². The zero-order valence-corrected chi connectivity index (χ0v) is 11.5. The minimum absolute atomic E-state index is 0.0522. The van der Waals surface area contributed by atoms with Crippen LogP contribution in [0.25, 0.3) is 0 Å². The number of aromatic nitrogens is 2. The summed E-state index contributed by atoms with van der Waals surface area (Å²) in [6.45, 7) is 6.38. The number of nitrogens with one attached hydrogen (secondary N) is 1. The van der Waals surface area contributed by atoms with E-state index in [0.717, 1.165) is 43.9 Å². The molecular formula is C13H22N4O. The molecule has 1 N–H and O–H groups in total. The number of carbonyl (C=O) groups excluding carboxylic acids is 1. The Hall–Kier alpha value is -1.36. The number of carbonyl (C=O) groups is 1. The van der Waals surface area contributed by atoms with Crippen LogP contribution in [0.2, 0.25) is 0 Å². The highest BCUT2D eigenvalue weighted by atomic mass is 16.2. The van der Waals surface area contributed by atoms with Gasteiger partial charge in [-0.2, -0.15) is 5.10 Å². The molecule has 1 heterocycles. The third-order valence-corrected chi connectivity index (χ3v) is 3.59. The maximum absolute atomic E-state index is 12.0. The predicted molar refractivity (Wildman–Crippen MR) is 71.7 cm³/mol. The van der Waals surface area contributed by atoms with Crippen LogP contribution in [0.1, 0.15) is 31.5 Å². The molecule has 1 amide bonds. The van der Waals surface area contributed by atoms with Crippen LogP contribution in [0.3, 0.4) is 0 Å². The van der Waals surface area contributed by atoms with E-state index in [-0.39, 0.29) is 5.91 Å². The summed E-state index contributed by atoms with van der Waals surface area (Å²) in [5.41, 5.74) is 2.38. The quantitative estimate of drug-likeness (QED) is 0.854. The normalized spacial score (nSPS) is 14.0. The Morgan fingerprint density at radius 3 is 2.78 bits per heavy atom. The molecule has 2 rings (SSSR count). The Kier molecular flexibility index (Phi) is 4.01. The maximum Gasteiger partial charge on any atom is 0.239 e. The highest BCUT2D eigenvalue weighted by Gasteiger charge is 2.22. The van der Waals surface area contributed by atoms with Gasteiger partial charge in [-0.15, -0.1) is 0 Å². The van der Waals surface area contributed by atoms with Gasteiger partial charge in [0, 0.05) is 12.6 Å². The van der Waals surface area contributed by atoms with Gasteiger partial charge in [0.25, 0.3) is 0 Å². The van der Waals surface area contributed by atoms with Crippen LogP contribution in [0.4, 0.5) is 5.82 Å². The first-order chi connectivity index (χ1) is 8.65. The van der Waals surface area contributed by atoms with Gasteiger partial charge in [0.2, 0.25) is 5.91 Å². The molecule has 5 heteroatoms. The standard InChI is InChI=1S/C13H22N4O/c1-4-17(5-2)9-12(18)14-13-10-7-6-8-11(10)15-16(13)3/h4-9H2,1-3H3,(H,14,18). The molecule has 0 unspecified atom stereocenters. The van der Waals surface area contributed by atoms with Crippen LogP contribution in [0.5, 0.6) is 0 Å². The molecule has 0 aromatic carbocycles. The van der Waals surface area contributed by atoms with Crippen LogP contribution >= 0.6 is 0 Å². The van der Waals surface area contributed by atoms with Crippen molar-refractivity contribution in [2.24, 2.45) is 7.05 Å². The van der Waals surface area contributed by atoms with E-state index in [1.807, 2.05) is 7.05 Å². The smallest absolute Gasteiger partial charge is 0.239 e. The van der Waals surface area contributed by atoms with Crippen LogP contribution in [-0.4, -0.2) is 40.2 Å². The van der Waals surface area contributed by atoms with Gasteiger partial charge in [-0.05, 0) is 32.4 Å². The Morgan fingerprint density at radius 2 is 2.11 bits per heavy atom. The van der Waals surface area contributed by atoms with Crippen molar-refractivity contribution in [3.8, 4) is 0 Å². The number of amides is 1. The van der Waals surface area contributed by atoms with Crippen molar-refractivity contribution in [1.29, 1.82) is 0 Å². The molecule has 0 bridgehead atoms. The summed E-state index contributed by atoms with van der Waals surface area (Å²) in [5, 5.41) is 7.46. The van der Waals surface area contributed by atoms with Gasteiger partial charge in [-0.3, -0.25) is 14.4 Å². The van der Waals surface area contributed by atoms with E-state index in [1.54, 1.807) is 4.68 Å². The molecule has 0 atom stereocenters. The molecule has 100 valence electrons. The van der Waals surface area contributed by atoms with Crippen LogP contribution in [-0.2, 0) is 24.7 Å². The molecule has 0 aliphatic heterocycles. The maximum atomic E-state index is 12.0. The lowest BCUT2D eigenvalue weighted by Crippen LogP contribution is -2.33. The number of rotatable bonds is 5. The monoisotopic (exact) mass is 250 g/mol. The molecule has 1 aromatic rings. The van der Waals surface area contributed by atoms with Crippen molar-refractivity contribution in [1.82, 2.24) is 14.7 Å². The van der Waals surface area contributed by atoms with Crippen molar-refractivity contribution >= 4 is 11.7 Å². The van der Waals surface area contributed by atoms with Crippen LogP contribution in [0.15, 0.2) is 0 Å². The summed E-state index contributed by atoms with van der Waals surface area (Å²) >= 11 is 0. The average Bonchev–Trinajstić information content (AvgIpc) is 2.90. The molecule has 1 aliphatic carbocycles. The molecule has 0 saturated heterocycles. The molecule has 1 aliphatic rings. The van der Waals surface area contributed by atoms with Crippen LogP contribution < -0.4 is 5.32 Å². The molecule has 1 aromatic heterocycles. The van der Waals surface area contributed by atoms with E-state index in [9.17, 15) is 4.79 Å². The van der Waals surface area contributed by atoms with Crippen molar-refractivity contribution in [3.63, 3.8) is 0 Å². The number of likely N-dealkylation sites (N-methyl/N-ethyl adjacent to an activating group) is 1. The molecule has 5 nitrogen and oxygen atoms in total. The highest BCUT2D eigenvalue weighted by Crippen LogP contribution is 2.27. The zero-order valence-electron chi connectivity index (χ0n) is 11.5. The highest BCUT2D eigenvalue weighted by molar-refractivity contribution is 5.92. The van der Waals surface area contributed by atoms with Crippen LogP contribution in [0, 0.1) is 0 Å². The molecule has 0 radical (unpaired) electrons. The Balaban J connectivity index is 2.03. The minimum atomic E-state index is 0.0522. The van der Waals surface area contributed by atoms with E-state index in [2.05, 4.69) is 29.2 Å². The number of hydrogen-bond acceptors (Lipinski definition) is 3. The number of nitrogens with zero attached hydrogens (tertiary/aromatic N) is 3. The summed E-state index contributed by atoms with van der Waals surface area (Å²) in [7, 11) is 1.89. The number of fused-ring (bicyclic) bond motifs is 1. The number of hydrogen-bond donors (Lipinski definition) is 1. The Labute approximate surface area is 108 Å². The van der Waals surface area contributed by atoms with Gasteiger partial charge in [0.05, 0.1) is 12.2 Å². The van der Waals surface area contributed by atoms with Gasteiger partial charge in [-0.25, -0.2) is 0 Å². The lowest BCUT2D eigenvalue weighted by Gasteiger charge is -2.17. The van der Waals surface area contributed by atoms with E-state index in [1.165, 1.54) is 5.56 Å². The minimum Gasteiger partial charge on any atom is -0.310 e. The molecule has 0 fully saturated rings. The fourth-order valence-electron chi connectivity index (χ4n) is 2.50. The SMILES string of the molecule is CCN(CC)CC(=O)Nc1c2c(nn1C)CCC2. The summed E-state index contributed by atoms with van der Waals surface area (Å²) in [5.74, 6) is 0.941. The predicted octanol–water partition coefficient (Wildman–Crippen LogP) is 1.19. The van der Waals surface area contributed by atoms with E-state index in [4.69, 9.17) is 0 Å². The zero-order chi connectivity index (χ0) is 13.1. The second-order valence-corrected chi connectivity index (χ2v) is 4.76. The third kappa shape index (κ3) is 2.56. The van der Waals surface area contributed by atoms with Crippen molar-refractivity contribution in [2.45, 2.75) is 33.1 Å². The Bertz CT molecular complexity index is 434. The van der Waals surface area contributed by atoms with Gasteiger partial charge < -0.3 is 5.32 Å². The first kappa shape index (κ1) is 13.1. The number of aryl methyl sites for hydroxylation is 2. The topological polar surface area (TPSA) is 50.2 Å². The second-order valence-electron chi connectivity index (χ2n) is 4.76. The third-order valence-electron chi connectivity index (χ3n) is 3.59. The Morgan fingerprint density at radius 1 is 1.39 bits per heavy atom. The average molecular weight is 250 g/mol. The molecule has 0 saturated carbocycles. The van der Waals surface area contributed by atoms with Gasteiger partial charge in [0.1, 0.15) is 5.82 Å². The first-order valence-corrected chi connectivity index (χ1v) is 6.72. The fraction of sp³-hybridized carbons (Fsp3) is 0.692. The lowest BCUT2D eigenvalue weighted by molar-refractivity contribution is -0.117. The van der Waals surface area contributed by atoms with Gasteiger partial charge >= 0.3 is 0 Å². The summed E-state index contributed by atoms with van der Waals surface area (Å²) in [6, 6.07) is 0. The summed E-state index contributed by atoms with van der Waals surface area (Å²) < 4.78 is 1.80. The van der Waals surface area contributed by atoms with E-state index >= 15 is 0 Å². The molecule has 18 heavy (non-hydrogen) atoms. The largest absolute Gasteiger partial charge is 0.310 e. The van der Waals surface area contributed by atoms with Crippen molar-refractivity contribution in [2.75, 3.05) is 25.0 Å². The van der Waals surface area contributed by atoms with Crippen molar-refractivity contribution in [3.05, 3.63) is 11.3 Å². The second kappa shape index (κ2) is 5.52. The number of anilines is 1. The molecular weight excluding hydrogens is 228 g/mol. The van der Waals surface area contributed by atoms with E-state index < -0.39 is 0 Å². The first-order valence-electron chi connectivity index (χ1n) is 6.72. The summed E-state index contributed by atoms with van der Waals surface area (Å²) in [4.78, 5) is 14.1.